The number of carbonyl (C=O) groups is 4. The molecule has 5 rings (SSSR count). The van der Waals surface area contributed by atoms with Crippen molar-refractivity contribution in [3.63, 3.8) is 0 Å². The van der Waals surface area contributed by atoms with Crippen molar-refractivity contribution >= 4 is 29.9 Å². The van der Waals surface area contributed by atoms with Crippen LogP contribution in [0.3, 0.4) is 0 Å². The highest BCUT2D eigenvalue weighted by atomic mass is 16.5. The number of barbiturate groups is 1. The monoisotopic (exact) mass is 444 g/mol. The normalized spacial score (nSPS) is 25.5. The van der Waals surface area contributed by atoms with Gasteiger partial charge in [-0.25, -0.2) is 9.59 Å². The number of hydrogen-bond acceptors (Lipinski definition) is 5. The Morgan fingerprint density at radius 1 is 1.03 bits per heavy atom. The molecule has 2 aromatic rings. The van der Waals surface area contributed by atoms with Crippen molar-refractivity contribution in [3.8, 4) is 5.75 Å². The lowest BCUT2D eigenvalue weighted by molar-refractivity contribution is -0.132. The summed E-state index contributed by atoms with van der Waals surface area (Å²) in [6.07, 6.45) is 5.33. The number of aryl methyl sites for hydroxylation is 1. The average molecular weight is 444 g/mol. The summed E-state index contributed by atoms with van der Waals surface area (Å²) in [5, 5.41) is 2.31. The van der Waals surface area contributed by atoms with Crippen LogP contribution in [0.25, 0.3) is 6.08 Å². The molecule has 0 radical (unpaired) electrons. The van der Waals surface area contributed by atoms with Gasteiger partial charge in [0.2, 0.25) is 0 Å². The molecule has 3 atom stereocenters. The van der Waals surface area contributed by atoms with Gasteiger partial charge in [0.15, 0.2) is 0 Å². The molecule has 4 amide bonds. The number of para-hydroxylation sites is 1. The SMILES string of the molecule is Cc1ccc(C(=O)Oc2ccccc2/C=C2/C(=O)NC(=O)N([C@@H]3C[C@H]4CC[C@H]3C4)C2=O)cc1. The van der Waals surface area contributed by atoms with E-state index in [1.54, 1.807) is 36.4 Å². The number of imide groups is 2. The number of amides is 4. The predicted octanol–water partition coefficient (Wildman–Crippen LogP) is 3.86. The summed E-state index contributed by atoms with van der Waals surface area (Å²) in [4.78, 5) is 52.2. The first kappa shape index (κ1) is 21.1. The second-order valence-electron chi connectivity index (χ2n) is 9.03. The standard InChI is InChI=1S/C26H24N2O5/c1-15-6-9-17(10-7-15)25(31)33-22-5-3-2-4-19(22)14-20-23(29)27-26(32)28(24(20)30)21-13-16-8-11-18(21)12-16/h2-7,9-10,14,16,18,21H,8,11-13H2,1H3,(H,27,29,32)/b20-14-/t16-,18-,21+/m0/s1. The fraction of sp³-hybridized carbons (Fsp3) is 0.308. The number of ether oxygens (including phenoxy) is 1. The van der Waals surface area contributed by atoms with Crippen LogP contribution in [0.15, 0.2) is 54.1 Å². The van der Waals surface area contributed by atoms with Crippen LogP contribution < -0.4 is 10.1 Å². The fourth-order valence-electron chi connectivity index (χ4n) is 5.20. The van der Waals surface area contributed by atoms with Crippen molar-refractivity contribution in [2.24, 2.45) is 11.8 Å². The van der Waals surface area contributed by atoms with Gasteiger partial charge in [-0.3, -0.25) is 19.8 Å². The lowest BCUT2D eigenvalue weighted by Crippen LogP contribution is -2.58. The Labute approximate surface area is 191 Å². The topological polar surface area (TPSA) is 92.8 Å². The fourth-order valence-corrected chi connectivity index (χ4v) is 5.20. The first-order chi connectivity index (χ1) is 15.9. The van der Waals surface area contributed by atoms with Gasteiger partial charge in [0.05, 0.1) is 5.56 Å². The highest BCUT2D eigenvalue weighted by Crippen LogP contribution is 2.47. The second-order valence-corrected chi connectivity index (χ2v) is 9.03. The number of benzene rings is 2. The molecular formula is C26H24N2O5. The van der Waals surface area contributed by atoms with Crippen LogP contribution in [-0.2, 0) is 9.59 Å². The average Bonchev–Trinajstić information content (AvgIpc) is 3.42. The molecular weight excluding hydrogens is 420 g/mol. The smallest absolute Gasteiger partial charge is 0.343 e. The van der Waals surface area contributed by atoms with Crippen LogP contribution in [0.1, 0.15) is 47.2 Å². The number of fused-ring (bicyclic) bond motifs is 2. The Morgan fingerprint density at radius 2 is 1.79 bits per heavy atom. The molecule has 2 aromatic carbocycles. The Hall–Kier alpha value is -3.74. The van der Waals surface area contributed by atoms with E-state index in [0.717, 1.165) is 31.2 Å². The molecule has 3 fully saturated rings. The summed E-state index contributed by atoms with van der Waals surface area (Å²) in [7, 11) is 0. The van der Waals surface area contributed by atoms with Crippen LogP contribution in [0, 0.1) is 18.8 Å². The van der Waals surface area contributed by atoms with E-state index < -0.39 is 23.8 Å². The maximum absolute atomic E-state index is 13.3. The number of nitrogens with zero attached hydrogens (tertiary/aromatic N) is 1. The molecule has 168 valence electrons. The summed E-state index contributed by atoms with van der Waals surface area (Å²) < 4.78 is 5.56. The quantitative estimate of drug-likeness (QED) is 0.335. The number of hydrogen-bond donors (Lipinski definition) is 1. The zero-order valence-corrected chi connectivity index (χ0v) is 18.2. The third-order valence-corrected chi connectivity index (χ3v) is 6.87. The maximum Gasteiger partial charge on any atom is 0.343 e. The second kappa shape index (κ2) is 8.31. The lowest BCUT2D eigenvalue weighted by Gasteiger charge is -2.35. The van der Waals surface area contributed by atoms with E-state index in [9.17, 15) is 19.2 Å². The molecule has 7 heteroatoms. The van der Waals surface area contributed by atoms with Gasteiger partial charge in [-0.15, -0.1) is 0 Å². The first-order valence-corrected chi connectivity index (χ1v) is 11.2. The molecule has 33 heavy (non-hydrogen) atoms. The largest absolute Gasteiger partial charge is 0.422 e. The highest BCUT2D eigenvalue weighted by Gasteiger charge is 2.49. The summed E-state index contributed by atoms with van der Waals surface area (Å²) in [6, 6.07) is 12.8. The summed E-state index contributed by atoms with van der Waals surface area (Å²) in [5.41, 5.74) is 1.67. The minimum Gasteiger partial charge on any atom is -0.422 e. The van der Waals surface area contributed by atoms with Gasteiger partial charge in [-0.2, -0.15) is 0 Å². The molecule has 0 unspecified atom stereocenters. The van der Waals surface area contributed by atoms with E-state index in [4.69, 9.17) is 4.74 Å². The van der Waals surface area contributed by atoms with Crippen molar-refractivity contribution in [2.45, 2.75) is 38.6 Å². The van der Waals surface area contributed by atoms with Crippen molar-refractivity contribution < 1.29 is 23.9 Å². The third kappa shape index (κ3) is 3.95. The molecule has 3 aliphatic rings. The molecule has 0 spiro atoms. The van der Waals surface area contributed by atoms with Crippen LogP contribution >= 0.6 is 0 Å². The molecule has 7 nitrogen and oxygen atoms in total. The van der Waals surface area contributed by atoms with Gasteiger partial charge in [0.1, 0.15) is 11.3 Å². The molecule has 1 saturated heterocycles. The van der Waals surface area contributed by atoms with Crippen LogP contribution in [0.4, 0.5) is 4.79 Å². The van der Waals surface area contributed by atoms with Gasteiger partial charge in [-0.1, -0.05) is 42.3 Å². The van der Waals surface area contributed by atoms with Crippen molar-refractivity contribution in [1.82, 2.24) is 10.2 Å². The van der Waals surface area contributed by atoms with E-state index in [1.165, 1.54) is 11.0 Å². The van der Waals surface area contributed by atoms with E-state index in [1.807, 2.05) is 19.1 Å². The van der Waals surface area contributed by atoms with Crippen LogP contribution in [0.5, 0.6) is 5.75 Å². The number of carbonyl (C=O) groups excluding carboxylic acids is 4. The molecule has 2 bridgehead atoms. The van der Waals surface area contributed by atoms with Gasteiger partial charge in [-0.05, 0) is 62.3 Å². The predicted molar refractivity (Wildman–Crippen MR) is 120 cm³/mol. The molecule has 1 aliphatic heterocycles. The van der Waals surface area contributed by atoms with Gasteiger partial charge < -0.3 is 4.74 Å². The van der Waals surface area contributed by atoms with E-state index in [2.05, 4.69) is 5.32 Å². The van der Waals surface area contributed by atoms with Gasteiger partial charge >= 0.3 is 12.0 Å². The molecule has 1 N–H and O–H groups in total. The number of esters is 1. The molecule has 2 aliphatic carbocycles. The number of urea groups is 1. The van der Waals surface area contributed by atoms with Crippen molar-refractivity contribution in [1.29, 1.82) is 0 Å². The van der Waals surface area contributed by atoms with E-state index in [0.29, 0.717) is 23.0 Å². The Kier molecular flexibility index (Phi) is 5.32. The molecule has 0 aromatic heterocycles. The van der Waals surface area contributed by atoms with Crippen LogP contribution in [-0.4, -0.2) is 34.8 Å². The Bertz CT molecular complexity index is 1180. The summed E-state index contributed by atoms with van der Waals surface area (Å²) in [5.74, 6) is -0.835. The summed E-state index contributed by atoms with van der Waals surface area (Å²) in [6.45, 7) is 1.92. The zero-order valence-electron chi connectivity index (χ0n) is 18.2. The van der Waals surface area contributed by atoms with Crippen molar-refractivity contribution in [3.05, 3.63) is 70.8 Å². The Morgan fingerprint density at radius 3 is 2.48 bits per heavy atom. The van der Waals surface area contributed by atoms with Crippen molar-refractivity contribution in [2.75, 3.05) is 0 Å². The third-order valence-electron chi connectivity index (χ3n) is 6.87. The van der Waals surface area contributed by atoms with Gasteiger partial charge in [0, 0.05) is 11.6 Å². The minimum atomic E-state index is -0.746. The number of nitrogens with one attached hydrogen (secondary N) is 1. The Balaban J connectivity index is 1.43. The maximum atomic E-state index is 13.3. The zero-order chi connectivity index (χ0) is 23.1. The minimum absolute atomic E-state index is 0.142. The van der Waals surface area contributed by atoms with Crippen LogP contribution in [0.2, 0.25) is 0 Å². The van der Waals surface area contributed by atoms with E-state index in [-0.39, 0.29) is 17.4 Å². The highest BCUT2D eigenvalue weighted by molar-refractivity contribution is 6.31. The summed E-state index contributed by atoms with van der Waals surface area (Å²) >= 11 is 0. The first-order valence-electron chi connectivity index (χ1n) is 11.2. The number of rotatable bonds is 4. The van der Waals surface area contributed by atoms with E-state index >= 15 is 0 Å². The molecule has 2 saturated carbocycles. The lowest BCUT2D eigenvalue weighted by atomic mass is 9.93. The van der Waals surface area contributed by atoms with Gasteiger partial charge in [0.25, 0.3) is 11.8 Å². The molecule has 1 heterocycles.